The van der Waals surface area contributed by atoms with Crippen LogP contribution in [-0.4, -0.2) is 22.0 Å². The van der Waals surface area contributed by atoms with Gasteiger partial charge in [0.15, 0.2) is 17.3 Å². The van der Waals surface area contributed by atoms with Crippen LogP contribution < -0.4 is 19.9 Å². The molecular formula is C25H18N4O3. The summed E-state index contributed by atoms with van der Waals surface area (Å²) in [4.78, 5) is 4.73. The van der Waals surface area contributed by atoms with E-state index in [0.29, 0.717) is 11.6 Å². The summed E-state index contributed by atoms with van der Waals surface area (Å²) < 4.78 is 16.8. The molecule has 32 heavy (non-hydrogen) atoms. The average molecular weight is 422 g/mol. The SMILES string of the molecule is Nc1n[nH]c2c(-c3ccc4c(c3)OCO4)ncc(-c3ccc(Oc4ccccc4)cc3)c12. The predicted molar refractivity (Wildman–Crippen MR) is 122 cm³/mol. The van der Waals surface area contributed by atoms with Crippen molar-refractivity contribution in [1.82, 2.24) is 15.2 Å². The quantitative estimate of drug-likeness (QED) is 0.403. The highest BCUT2D eigenvalue weighted by atomic mass is 16.7. The van der Waals surface area contributed by atoms with E-state index in [1.54, 1.807) is 0 Å². The fourth-order valence-corrected chi connectivity index (χ4v) is 3.87. The number of nitrogens with one attached hydrogen (secondary N) is 1. The molecule has 6 rings (SSSR count). The van der Waals surface area contributed by atoms with Gasteiger partial charge in [0, 0.05) is 17.3 Å². The minimum atomic E-state index is 0.224. The first kappa shape index (κ1) is 18.3. The molecule has 2 aromatic heterocycles. The summed E-state index contributed by atoms with van der Waals surface area (Å²) in [6.45, 7) is 0.224. The van der Waals surface area contributed by atoms with Gasteiger partial charge in [0.1, 0.15) is 11.5 Å². The van der Waals surface area contributed by atoms with Crippen molar-refractivity contribution in [2.45, 2.75) is 0 Å². The highest BCUT2D eigenvalue weighted by Gasteiger charge is 2.19. The number of rotatable bonds is 4. The summed E-state index contributed by atoms with van der Waals surface area (Å²) >= 11 is 0. The molecule has 0 spiro atoms. The molecule has 5 aromatic rings. The monoisotopic (exact) mass is 422 g/mol. The van der Waals surface area contributed by atoms with Crippen LogP contribution >= 0.6 is 0 Å². The van der Waals surface area contributed by atoms with E-state index >= 15 is 0 Å². The van der Waals surface area contributed by atoms with Crippen LogP contribution in [0.3, 0.4) is 0 Å². The van der Waals surface area contributed by atoms with Gasteiger partial charge < -0.3 is 19.9 Å². The molecule has 0 unspecified atom stereocenters. The van der Waals surface area contributed by atoms with Crippen LogP contribution in [0.5, 0.6) is 23.0 Å². The first-order valence-corrected chi connectivity index (χ1v) is 10.1. The number of benzene rings is 3. The summed E-state index contributed by atoms with van der Waals surface area (Å²) in [6, 6.07) is 23.2. The van der Waals surface area contributed by atoms with Gasteiger partial charge in [0.25, 0.3) is 0 Å². The second-order valence-corrected chi connectivity index (χ2v) is 7.39. The Bertz CT molecular complexity index is 1430. The Hall–Kier alpha value is -4.52. The van der Waals surface area contributed by atoms with Crippen molar-refractivity contribution in [3.8, 4) is 45.4 Å². The van der Waals surface area contributed by atoms with E-state index in [1.807, 2.05) is 79.0 Å². The predicted octanol–water partition coefficient (Wildman–Crippen LogP) is 5.40. The highest BCUT2D eigenvalue weighted by molar-refractivity contribution is 6.06. The van der Waals surface area contributed by atoms with Crippen molar-refractivity contribution in [2.24, 2.45) is 0 Å². The van der Waals surface area contributed by atoms with Crippen LogP contribution in [0.15, 0.2) is 79.0 Å². The first-order chi connectivity index (χ1) is 15.8. The van der Waals surface area contributed by atoms with E-state index in [2.05, 4.69) is 10.2 Å². The molecule has 0 fully saturated rings. The summed E-state index contributed by atoms with van der Waals surface area (Å²) in [5, 5.41) is 8.11. The molecule has 7 nitrogen and oxygen atoms in total. The third-order valence-corrected chi connectivity index (χ3v) is 5.41. The molecular weight excluding hydrogens is 404 g/mol. The zero-order valence-corrected chi connectivity index (χ0v) is 16.9. The molecule has 0 atom stereocenters. The Labute approximate surface area is 183 Å². The number of nitrogen functional groups attached to an aromatic ring is 1. The number of anilines is 1. The molecule has 0 bridgehead atoms. The minimum Gasteiger partial charge on any atom is -0.457 e. The second kappa shape index (κ2) is 7.31. The summed E-state index contributed by atoms with van der Waals surface area (Å²) in [5.74, 6) is 3.38. The van der Waals surface area contributed by atoms with Crippen LogP contribution in [0.2, 0.25) is 0 Å². The van der Waals surface area contributed by atoms with Gasteiger partial charge in [-0.15, -0.1) is 0 Å². The molecule has 156 valence electrons. The standard InChI is InChI=1S/C25H18N4O3/c26-25-22-19(15-6-9-18(10-7-15)32-17-4-2-1-3-5-17)13-27-23(24(22)28-29-25)16-8-11-20-21(12-16)31-14-30-20/h1-13H,14H2,(H3,26,28,29). The zero-order valence-electron chi connectivity index (χ0n) is 16.9. The number of H-pyrrole nitrogens is 1. The maximum atomic E-state index is 6.24. The van der Waals surface area contributed by atoms with Crippen molar-refractivity contribution in [1.29, 1.82) is 0 Å². The van der Waals surface area contributed by atoms with Gasteiger partial charge in [0.2, 0.25) is 6.79 Å². The number of ether oxygens (including phenoxy) is 3. The van der Waals surface area contributed by atoms with Crippen molar-refractivity contribution in [2.75, 3.05) is 12.5 Å². The Morgan fingerprint density at radius 3 is 2.44 bits per heavy atom. The van der Waals surface area contributed by atoms with Crippen LogP contribution in [0.4, 0.5) is 5.82 Å². The van der Waals surface area contributed by atoms with E-state index in [0.717, 1.165) is 50.5 Å². The number of para-hydroxylation sites is 1. The van der Waals surface area contributed by atoms with Crippen LogP contribution in [0, 0.1) is 0 Å². The van der Waals surface area contributed by atoms with Crippen LogP contribution in [0.25, 0.3) is 33.3 Å². The zero-order chi connectivity index (χ0) is 21.5. The topological polar surface area (TPSA) is 95.3 Å². The molecule has 0 radical (unpaired) electrons. The fourth-order valence-electron chi connectivity index (χ4n) is 3.87. The summed E-state index contributed by atoms with van der Waals surface area (Å²) in [6.07, 6.45) is 1.82. The number of aromatic amines is 1. The number of aromatic nitrogens is 3. The molecule has 0 aliphatic carbocycles. The fraction of sp³-hybridized carbons (Fsp3) is 0.0400. The van der Waals surface area contributed by atoms with Crippen molar-refractivity contribution in [3.05, 3.63) is 79.0 Å². The van der Waals surface area contributed by atoms with Gasteiger partial charge in [-0.05, 0) is 48.0 Å². The Morgan fingerprint density at radius 2 is 1.59 bits per heavy atom. The third-order valence-electron chi connectivity index (χ3n) is 5.41. The van der Waals surface area contributed by atoms with Gasteiger partial charge in [-0.25, -0.2) is 0 Å². The Balaban J connectivity index is 1.39. The van der Waals surface area contributed by atoms with E-state index in [9.17, 15) is 0 Å². The first-order valence-electron chi connectivity index (χ1n) is 10.1. The lowest BCUT2D eigenvalue weighted by molar-refractivity contribution is 0.174. The molecule has 0 saturated carbocycles. The lowest BCUT2D eigenvalue weighted by atomic mass is 10.0. The number of pyridine rings is 1. The largest absolute Gasteiger partial charge is 0.457 e. The molecule has 1 aliphatic rings. The van der Waals surface area contributed by atoms with Crippen molar-refractivity contribution < 1.29 is 14.2 Å². The van der Waals surface area contributed by atoms with Crippen LogP contribution in [0.1, 0.15) is 0 Å². The van der Waals surface area contributed by atoms with Gasteiger partial charge in [-0.3, -0.25) is 10.1 Å². The lowest BCUT2D eigenvalue weighted by Gasteiger charge is -2.10. The molecule has 3 N–H and O–H groups in total. The van der Waals surface area contributed by atoms with Gasteiger partial charge >= 0.3 is 0 Å². The lowest BCUT2D eigenvalue weighted by Crippen LogP contribution is -1.93. The molecule has 0 amide bonds. The van der Waals surface area contributed by atoms with Crippen molar-refractivity contribution >= 4 is 16.7 Å². The Morgan fingerprint density at radius 1 is 0.844 bits per heavy atom. The molecule has 3 aromatic carbocycles. The van der Waals surface area contributed by atoms with E-state index in [-0.39, 0.29) is 6.79 Å². The highest BCUT2D eigenvalue weighted by Crippen LogP contribution is 2.40. The summed E-state index contributed by atoms with van der Waals surface area (Å²) in [5.41, 5.74) is 10.5. The molecule has 3 heterocycles. The maximum absolute atomic E-state index is 6.24. The minimum absolute atomic E-state index is 0.224. The molecule has 1 aliphatic heterocycles. The Kier molecular flexibility index (Phi) is 4.18. The third kappa shape index (κ3) is 3.07. The summed E-state index contributed by atoms with van der Waals surface area (Å²) in [7, 11) is 0. The van der Waals surface area contributed by atoms with Gasteiger partial charge in [0.05, 0.1) is 16.6 Å². The molecule has 0 saturated heterocycles. The normalized spacial score (nSPS) is 12.2. The average Bonchev–Trinajstić information content (AvgIpc) is 3.46. The van der Waals surface area contributed by atoms with Gasteiger partial charge in [-0.1, -0.05) is 30.3 Å². The molecule has 7 heteroatoms. The van der Waals surface area contributed by atoms with E-state index < -0.39 is 0 Å². The van der Waals surface area contributed by atoms with E-state index in [1.165, 1.54) is 0 Å². The van der Waals surface area contributed by atoms with Gasteiger partial charge in [-0.2, -0.15) is 5.10 Å². The maximum Gasteiger partial charge on any atom is 0.231 e. The second-order valence-electron chi connectivity index (χ2n) is 7.39. The van der Waals surface area contributed by atoms with Crippen LogP contribution in [-0.2, 0) is 0 Å². The van der Waals surface area contributed by atoms with E-state index in [4.69, 9.17) is 24.9 Å². The number of hydrogen-bond donors (Lipinski definition) is 2. The number of nitrogens with two attached hydrogens (primary N) is 1. The number of fused-ring (bicyclic) bond motifs is 2. The van der Waals surface area contributed by atoms with Crippen molar-refractivity contribution in [3.63, 3.8) is 0 Å². The smallest absolute Gasteiger partial charge is 0.231 e. The number of hydrogen-bond acceptors (Lipinski definition) is 6. The number of nitrogens with zero attached hydrogens (tertiary/aromatic N) is 2.